The summed E-state index contributed by atoms with van der Waals surface area (Å²) < 4.78 is 5.97. The molecule has 3 aromatic rings. The number of fused-ring (bicyclic) bond motifs is 4. The standard InChI is InChI=1S/C19H15N3OS/c20-19-22-9-3-8-21-18(22)14-7-6-13(11-17(14)24-19)16-10-12-4-1-2-5-15(12)23-16/h1-2,4-7,10-11,20H,3,8-9H2. The second-order valence-corrected chi connectivity index (χ2v) is 7.01. The fourth-order valence-corrected chi connectivity index (χ4v) is 4.21. The van der Waals surface area contributed by atoms with E-state index in [0.29, 0.717) is 5.17 Å². The average molecular weight is 333 g/mol. The van der Waals surface area contributed by atoms with E-state index in [2.05, 4.69) is 35.3 Å². The van der Waals surface area contributed by atoms with Crippen LogP contribution in [0.5, 0.6) is 0 Å². The van der Waals surface area contributed by atoms with Crippen LogP contribution in [0.2, 0.25) is 0 Å². The molecule has 0 bridgehead atoms. The molecule has 1 aromatic heterocycles. The van der Waals surface area contributed by atoms with Crippen molar-refractivity contribution in [2.75, 3.05) is 13.1 Å². The third-order valence-electron chi connectivity index (χ3n) is 4.44. The van der Waals surface area contributed by atoms with Crippen molar-refractivity contribution in [3.63, 3.8) is 0 Å². The van der Waals surface area contributed by atoms with Gasteiger partial charge in [-0.1, -0.05) is 36.0 Å². The number of furan rings is 1. The molecule has 0 spiro atoms. The highest BCUT2D eigenvalue weighted by molar-refractivity contribution is 8.14. The molecule has 2 aromatic carbocycles. The first-order valence-electron chi connectivity index (χ1n) is 8.01. The second kappa shape index (κ2) is 5.24. The first kappa shape index (κ1) is 13.9. The molecule has 0 unspecified atom stereocenters. The van der Waals surface area contributed by atoms with Gasteiger partial charge in [0, 0.05) is 34.5 Å². The number of benzene rings is 2. The predicted molar refractivity (Wildman–Crippen MR) is 98.0 cm³/mol. The molecule has 2 aliphatic rings. The van der Waals surface area contributed by atoms with Gasteiger partial charge in [0.1, 0.15) is 17.2 Å². The highest BCUT2D eigenvalue weighted by Gasteiger charge is 2.29. The van der Waals surface area contributed by atoms with Gasteiger partial charge in [0.25, 0.3) is 0 Å². The summed E-state index contributed by atoms with van der Waals surface area (Å²) in [4.78, 5) is 7.74. The van der Waals surface area contributed by atoms with Gasteiger partial charge in [-0.05, 0) is 30.7 Å². The van der Waals surface area contributed by atoms with Crippen molar-refractivity contribution < 1.29 is 4.42 Å². The van der Waals surface area contributed by atoms with Crippen LogP contribution in [0.15, 0.2) is 62.8 Å². The van der Waals surface area contributed by atoms with Crippen LogP contribution in [0.3, 0.4) is 0 Å². The minimum absolute atomic E-state index is 0.558. The van der Waals surface area contributed by atoms with E-state index in [1.165, 1.54) is 11.8 Å². The van der Waals surface area contributed by atoms with Crippen molar-refractivity contribution >= 4 is 33.7 Å². The number of nitrogens with zero attached hydrogens (tertiary/aromatic N) is 2. The number of amidine groups is 2. The Kier molecular flexibility index (Phi) is 3.03. The number of para-hydroxylation sites is 1. The minimum atomic E-state index is 0.558. The molecule has 0 amide bonds. The molecule has 0 saturated carbocycles. The second-order valence-electron chi connectivity index (χ2n) is 5.98. The van der Waals surface area contributed by atoms with Gasteiger partial charge in [-0.3, -0.25) is 10.4 Å². The van der Waals surface area contributed by atoms with Gasteiger partial charge >= 0.3 is 0 Å². The van der Waals surface area contributed by atoms with E-state index < -0.39 is 0 Å². The Hall–Kier alpha value is -2.53. The van der Waals surface area contributed by atoms with Crippen molar-refractivity contribution in [3.05, 3.63) is 54.1 Å². The smallest absolute Gasteiger partial charge is 0.166 e. The molecule has 0 atom stereocenters. The zero-order valence-electron chi connectivity index (χ0n) is 13.0. The number of aliphatic imine (C=N–C) groups is 1. The van der Waals surface area contributed by atoms with E-state index in [-0.39, 0.29) is 0 Å². The first-order valence-corrected chi connectivity index (χ1v) is 8.83. The molecular formula is C19H15N3OS. The van der Waals surface area contributed by atoms with E-state index in [4.69, 9.17) is 9.83 Å². The maximum absolute atomic E-state index is 8.29. The SMILES string of the molecule is N=C1Sc2cc(-c3cc4ccccc4o3)ccc2C2=NCCCN12. The molecule has 0 saturated heterocycles. The largest absolute Gasteiger partial charge is 0.456 e. The summed E-state index contributed by atoms with van der Waals surface area (Å²) in [6, 6.07) is 16.4. The lowest BCUT2D eigenvalue weighted by Gasteiger charge is -2.34. The molecule has 2 aliphatic heterocycles. The lowest BCUT2D eigenvalue weighted by Crippen LogP contribution is -2.42. The topological polar surface area (TPSA) is 52.6 Å². The normalized spacial score (nSPS) is 16.8. The molecule has 118 valence electrons. The quantitative estimate of drug-likeness (QED) is 0.708. The summed E-state index contributed by atoms with van der Waals surface area (Å²) in [5.74, 6) is 1.80. The average Bonchev–Trinajstić information content (AvgIpc) is 3.06. The summed E-state index contributed by atoms with van der Waals surface area (Å²) in [6.07, 6.45) is 1.01. The van der Waals surface area contributed by atoms with Crippen LogP contribution in [-0.2, 0) is 0 Å². The Morgan fingerprint density at radius 3 is 2.96 bits per heavy atom. The van der Waals surface area contributed by atoms with Gasteiger partial charge in [-0.2, -0.15) is 0 Å². The molecule has 0 aliphatic carbocycles. The van der Waals surface area contributed by atoms with Crippen molar-refractivity contribution in [1.29, 1.82) is 5.41 Å². The van der Waals surface area contributed by atoms with Crippen LogP contribution in [0, 0.1) is 5.41 Å². The minimum Gasteiger partial charge on any atom is -0.456 e. The predicted octanol–water partition coefficient (Wildman–Crippen LogP) is 4.59. The molecular weight excluding hydrogens is 318 g/mol. The zero-order valence-corrected chi connectivity index (χ0v) is 13.8. The van der Waals surface area contributed by atoms with Gasteiger partial charge in [0.05, 0.1) is 0 Å². The molecule has 5 rings (SSSR count). The third kappa shape index (κ3) is 2.08. The van der Waals surface area contributed by atoms with Gasteiger partial charge in [-0.15, -0.1) is 0 Å². The Morgan fingerprint density at radius 1 is 1.12 bits per heavy atom. The molecule has 1 N–H and O–H groups in total. The van der Waals surface area contributed by atoms with Crippen LogP contribution >= 0.6 is 11.8 Å². The highest BCUT2D eigenvalue weighted by Crippen LogP contribution is 2.37. The summed E-state index contributed by atoms with van der Waals surface area (Å²) in [6.45, 7) is 1.73. The highest BCUT2D eigenvalue weighted by atomic mass is 32.2. The van der Waals surface area contributed by atoms with Crippen molar-refractivity contribution in [2.24, 2.45) is 4.99 Å². The zero-order chi connectivity index (χ0) is 16.1. The fraction of sp³-hybridized carbons (Fsp3) is 0.158. The Bertz CT molecular complexity index is 972. The first-order chi connectivity index (χ1) is 11.8. The van der Waals surface area contributed by atoms with Gasteiger partial charge in [-0.25, -0.2) is 0 Å². The monoisotopic (exact) mass is 333 g/mol. The van der Waals surface area contributed by atoms with Crippen molar-refractivity contribution in [1.82, 2.24) is 4.90 Å². The van der Waals surface area contributed by atoms with Gasteiger partial charge < -0.3 is 9.32 Å². The van der Waals surface area contributed by atoms with E-state index in [1.807, 2.05) is 23.1 Å². The molecule has 0 radical (unpaired) electrons. The number of hydrogen-bond donors (Lipinski definition) is 1. The number of nitrogens with one attached hydrogen (secondary N) is 1. The van der Waals surface area contributed by atoms with Crippen molar-refractivity contribution in [3.8, 4) is 11.3 Å². The lowest BCUT2D eigenvalue weighted by molar-refractivity contribution is 0.552. The molecule has 4 nitrogen and oxygen atoms in total. The summed E-state index contributed by atoms with van der Waals surface area (Å²) in [5, 5.41) is 9.95. The summed E-state index contributed by atoms with van der Waals surface area (Å²) >= 11 is 1.50. The van der Waals surface area contributed by atoms with Crippen molar-refractivity contribution in [2.45, 2.75) is 11.3 Å². The summed E-state index contributed by atoms with van der Waals surface area (Å²) in [7, 11) is 0. The molecule has 3 heterocycles. The van der Waals surface area contributed by atoms with Gasteiger partial charge in [0.2, 0.25) is 0 Å². The molecule has 0 fully saturated rings. The van der Waals surface area contributed by atoms with Crippen LogP contribution in [0.4, 0.5) is 0 Å². The van der Waals surface area contributed by atoms with Gasteiger partial charge in [0.15, 0.2) is 5.17 Å². The Morgan fingerprint density at radius 2 is 2.04 bits per heavy atom. The Labute approximate surface area is 143 Å². The third-order valence-corrected chi connectivity index (χ3v) is 5.41. The number of rotatable bonds is 1. The number of thioether (sulfide) groups is 1. The van der Waals surface area contributed by atoms with Crippen LogP contribution in [0.25, 0.3) is 22.3 Å². The van der Waals surface area contributed by atoms with Crippen LogP contribution in [0.1, 0.15) is 12.0 Å². The van der Waals surface area contributed by atoms with Crippen LogP contribution < -0.4 is 0 Å². The Balaban J connectivity index is 1.62. The van der Waals surface area contributed by atoms with E-state index >= 15 is 0 Å². The fourth-order valence-electron chi connectivity index (χ4n) is 3.26. The van der Waals surface area contributed by atoms with E-state index in [9.17, 15) is 0 Å². The number of hydrogen-bond acceptors (Lipinski definition) is 4. The summed E-state index contributed by atoms with van der Waals surface area (Å²) in [5.41, 5.74) is 3.05. The maximum atomic E-state index is 8.29. The molecule has 5 heteroatoms. The maximum Gasteiger partial charge on any atom is 0.166 e. The lowest BCUT2D eigenvalue weighted by atomic mass is 10.1. The molecule has 24 heavy (non-hydrogen) atoms. The van der Waals surface area contributed by atoms with E-state index in [0.717, 1.165) is 58.1 Å². The van der Waals surface area contributed by atoms with Crippen LogP contribution in [-0.4, -0.2) is 29.0 Å². The van der Waals surface area contributed by atoms with E-state index in [1.54, 1.807) is 0 Å².